The van der Waals surface area contributed by atoms with E-state index in [9.17, 15) is 4.79 Å². The third kappa shape index (κ3) is 5.12. The molecule has 0 aliphatic carbocycles. The van der Waals surface area contributed by atoms with Crippen LogP contribution in [0.2, 0.25) is 0 Å². The van der Waals surface area contributed by atoms with Gasteiger partial charge in [-0.2, -0.15) is 0 Å². The van der Waals surface area contributed by atoms with Crippen LogP contribution in [0.15, 0.2) is 40.8 Å². The lowest BCUT2D eigenvalue weighted by Crippen LogP contribution is -2.11. The summed E-state index contributed by atoms with van der Waals surface area (Å²) in [5.74, 6) is -0.151. The highest BCUT2D eigenvalue weighted by atomic mass is 16.6. The van der Waals surface area contributed by atoms with Gasteiger partial charge in [0.15, 0.2) is 5.75 Å². The number of esters is 1. The maximum absolute atomic E-state index is 11.9. The van der Waals surface area contributed by atoms with Gasteiger partial charge in [0.25, 0.3) is 0 Å². The van der Waals surface area contributed by atoms with E-state index in [1.54, 1.807) is 31.2 Å². The molecule has 0 aromatic heterocycles. The minimum Gasteiger partial charge on any atom is -0.503 e. The number of carbonyl (C=O) groups is 1. The lowest BCUT2D eigenvalue weighted by atomic mass is 10.1. The molecule has 0 aliphatic heterocycles. The highest BCUT2D eigenvalue weighted by Gasteiger charge is 2.18. The van der Waals surface area contributed by atoms with Gasteiger partial charge in [0.2, 0.25) is 0 Å². The molecule has 24 heavy (non-hydrogen) atoms. The molecule has 7 heteroatoms. The Morgan fingerprint density at radius 1 is 1.17 bits per heavy atom. The minimum atomic E-state index is -0.538. The van der Waals surface area contributed by atoms with Gasteiger partial charge in [-0.15, -0.1) is 0 Å². The molecular weight excluding hydrogens is 312 g/mol. The summed E-state index contributed by atoms with van der Waals surface area (Å²) in [6, 6.07) is 6.95. The van der Waals surface area contributed by atoms with Crippen molar-refractivity contribution in [3.63, 3.8) is 0 Å². The second kappa shape index (κ2) is 10.0. The summed E-state index contributed by atoms with van der Waals surface area (Å²) in [7, 11) is 4.22. The summed E-state index contributed by atoms with van der Waals surface area (Å²) >= 11 is 0. The molecule has 1 rings (SSSR count). The molecular formula is C17H22N2O5. The summed E-state index contributed by atoms with van der Waals surface area (Å²) in [6.45, 7) is 3.69. The highest BCUT2D eigenvalue weighted by molar-refractivity contribution is 6.41. The Labute approximate surface area is 141 Å². The van der Waals surface area contributed by atoms with Crippen LogP contribution in [-0.2, 0) is 19.1 Å². The normalized spacial score (nSPS) is 12.6. The zero-order valence-electron chi connectivity index (χ0n) is 14.5. The molecule has 0 aliphatic rings. The van der Waals surface area contributed by atoms with Crippen LogP contribution in [0.1, 0.15) is 25.8 Å². The Kier molecular flexibility index (Phi) is 8.04. The van der Waals surface area contributed by atoms with Gasteiger partial charge in [-0.05, 0) is 19.4 Å². The SMILES string of the molecule is CCC(=N\OC)/C(C)=N/Oc1ccccc1/C(=C/OC)C(=O)OC. The van der Waals surface area contributed by atoms with Crippen molar-refractivity contribution in [1.82, 2.24) is 0 Å². The molecule has 0 atom stereocenters. The standard InChI is InChI=1S/C17H22N2O5/c1-6-15(19-23-5)12(2)18-24-16-10-8-7-9-13(16)14(11-21-3)17(20)22-4/h7-11H,6H2,1-5H3/b14-11-,18-12+,19-15+. The van der Waals surface area contributed by atoms with Gasteiger partial charge in [0.1, 0.15) is 24.1 Å². The number of rotatable bonds is 8. The lowest BCUT2D eigenvalue weighted by molar-refractivity contribution is -0.133. The summed E-state index contributed by atoms with van der Waals surface area (Å²) in [5, 5.41) is 7.94. The summed E-state index contributed by atoms with van der Waals surface area (Å²) in [6.07, 6.45) is 1.94. The Bertz CT molecular complexity index is 650. The fourth-order valence-corrected chi connectivity index (χ4v) is 1.89. The lowest BCUT2D eigenvalue weighted by Gasteiger charge is -2.10. The smallest absolute Gasteiger partial charge is 0.341 e. The average Bonchev–Trinajstić information content (AvgIpc) is 2.61. The van der Waals surface area contributed by atoms with Crippen molar-refractivity contribution in [3.05, 3.63) is 36.1 Å². The molecule has 0 saturated heterocycles. The topological polar surface area (TPSA) is 78.7 Å². The van der Waals surface area contributed by atoms with E-state index in [0.717, 1.165) is 0 Å². The second-order valence-electron chi connectivity index (χ2n) is 4.60. The van der Waals surface area contributed by atoms with Crippen LogP contribution in [0.3, 0.4) is 0 Å². The maximum atomic E-state index is 11.9. The number of nitrogens with zero attached hydrogens (tertiary/aromatic N) is 2. The van der Waals surface area contributed by atoms with Crippen LogP contribution in [0, 0.1) is 0 Å². The predicted molar refractivity (Wildman–Crippen MR) is 91.9 cm³/mol. The van der Waals surface area contributed by atoms with Crippen molar-refractivity contribution < 1.29 is 23.9 Å². The van der Waals surface area contributed by atoms with Crippen LogP contribution in [0.5, 0.6) is 5.75 Å². The molecule has 0 saturated carbocycles. The number of carbonyl (C=O) groups excluding carboxylic acids is 1. The molecule has 0 spiro atoms. The van der Waals surface area contributed by atoms with E-state index >= 15 is 0 Å². The predicted octanol–water partition coefficient (Wildman–Crippen LogP) is 3.01. The molecule has 0 fully saturated rings. The summed E-state index contributed by atoms with van der Waals surface area (Å²) in [4.78, 5) is 22.2. The van der Waals surface area contributed by atoms with Crippen LogP contribution in [0.4, 0.5) is 0 Å². The summed E-state index contributed by atoms with van der Waals surface area (Å²) < 4.78 is 9.73. The molecule has 1 aromatic rings. The van der Waals surface area contributed by atoms with Crippen molar-refractivity contribution in [1.29, 1.82) is 0 Å². The molecule has 0 heterocycles. The largest absolute Gasteiger partial charge is 0.503 e. The first-order valence-corrected chi connectivity index (χ1v) is 7.31. The number of oxime groups is 2. The fourth-order valence-electron chi connectivity index (χ4n) is 1.89. The molecule has 1 aromatic carbocycles. The van der Waals surface area contributed by atoms with Gasteiger partial charge in [-0.1, -0.05) is 35.4 Å². The van der Waals surface area contributed by atoms with Gasteiger partial charge in [-0.3, -0.25) is 0 Å². The first-order chi connectivity index (χ1) is 11.6. The number of benzene rings is 1. The Morgan fingerprint density at radius 2 is 1.88 bits per heavy atom. The molecule has 0 bridgehead atoms. The molecule has 0 radical (unpaired) electrons. The van der Waals surface area contributed by atoms with E-state index in [2.05, 4.69) is 10.3 Å². The first kappa shape index (κ1) is 19.2. The summed E-state index contributed by atoms with van der Waals surface area (Å²) in [5.41, 5.74) is 1.97. The molecule has 0 unspecified atom stereocenters. The quantitative estimate of drug-likeness (QED) is 0.240. The Hall–Kier alpha value is -2.83. The van der Waals surface area contributed by atoms with Crippen LogP contribution >= 0.6 is 0 Å². The van der Waals surface area contributed by atoms with E-state index in [4.69, 9.17) is 19.1 Å². The fraction of sp³-hybridized carbons (Fsp3) is 0.353. The monoisotopic (exact) mass is 334 g/mol. The van der Waals surface area contributed by atoms with Gasteiger partial charge in [0.05, 0.1) is 20.5 Å². The van der Waals surface area contributed by atoms with E-state index in [1.165, 1.54) is 27.6 Å². The van der Waals surface area contributed by atoms with Gasteiger partial charge in [-0.25, -0.2) is 4.79 Å². The van der Waals surface area contributed by atoms with E-state index in [1.807, 2.05) is 6.92 Å². The van der Waals surface area contributed by atoms with E-state index < -0.39 is 5.97 Å². The molecule has 7 nitrogen and oxygen atoms in total. The van der Waals surface area contributed by atoms with Crippen molar-refractivity contribution in [2.45, 2.75) is 20.3 Å². The van der Waals surface area contributed by atoms with Crippen molar-refractivity contribution in [3.8, 4) is 5.75 Å². The van der Waals surface area contributed by atoms with Gasteiger partial charge < -0.3 is 19.1 Å². The maximum Gasteiger partial charge on any atom is 0.341 e. The van der Waals surface area contributed by atoms with Crippen LogP contribution < -0.4 is 4.84 Å². The zero-order valence-corrected chi connectivity index (χ0v) is 14.5. The van der Waals surface area contributed by atoms with Crippen molar-refractivity contribution in [2.24, 2.45) is 10.3 Å². The molecule has 130 valence electrons. The number of ether oxygens (including phenoxy) is 2. The van der Waals surface area contributed by atoms with Crippen LogP contribution in [-0.4, -0.2) is 38.7 Å². The molecule has 0 N–H and O–H groups in total. The third-order valence-electron chi connectivity index (χ3n) is 3.05. The number of hydrogen-bond acceptors (Lipinski definition) is 7. The number of hydrogen-bond donors (Lipinski definition) is 0. The van der Waals surface area contributed by atoms with E-state index in [-0.39, 0.29) is 5.57 Å². The van der Waals surface area contributed by atoms with Gasteiger partial charge in [0, 0.05) is 5.56 Å². The second-order valence-corrected chi connectivity index (χ2v) is 4.60. The third-order valence-corrected chi connectivity index (χ3v) is 3.05. The average molecular weight is 334 g/mol. The van der Waals surface area contributed by atoms with Crippen molar-refractivity contribution >= 4 is 23.0 Å². The Morgan fingerprint density at radius 3 is 2.46 bits per heavy atom. The molecule has 0 amide bonds. The first-order valence-electron chi connectivity index (χ1n) is 7.31. The number of methoxy groups -OCH3 is 2. The highest BCUT2D eigenvalue weighted by Crippen LogP contribution is 2.27. The number of para-hydroxylation sites is 1. The minimum absolute atomic E-state index is 0.227. The Balaban J connectivity index is 3.17. The van der Waals surface area contributed by atoms with E-state index in [0.29, 0.717) is 29.2 Å². The zero-order chi connectivity index (χ0) is 17.9. The van der Waals surface area contributed by atoms with Gasteiger partial charge >= 0.3 is 5.97 Å². The van der Waals surface area contributed by atoms with Crippen LogP contribution in [0.25, 0.3) is 5.57 Å². The van der Waals surface area contributed by atoms with Crippen molar-refractivity contribution in [2.75, 3.05) is 21.3 Å².